The van der Waals surface area contributed by atoms with E-state index in [2.05, 4.69) is 27.4 Å². The summed E-state index contributed by atoms with van der Waals surface area (Å²) in [6.45, 7) is 0. The molecular weight excluding hydrogens is 274 g/mol. The topological polar surface area (TPSA) is 54.9 Å². The molecule has 5 heteroatoms. The average Bonchev–Trinajstić information content (AvgIpc) is 2.47. The molecule has 1 aromatic carbocycles. The number of rotatable bonds is 2. The largest absolute Gasteiger partial charge is 0.294 e. The van der Waals surface area contributed by atoms with Gasteiger partial charge in [0.1, 0.15) is 5.15 Å². The molecule has 0 bridgehead atoms. The molecule has 0 saturated carbocycles. The van der Waals surface area contributed by atoms with Gasteiger partial charge in [0.15, 0.2) is 0 Å². The molecular formula is C15H14ClN3O. The lowest BCUT2D eigenvalue weighted by molar-refractivity contribution is -0.120. The number of nitrogens with zero attached hydrogens (tertiary/aromatic N) is 2. The van der Waals surface area contributed by atoms with Crippen molar-refractivity contribution < 1.29 is 4.79 Å². The predicted octanol–water partition coefficient (Wildman–Crippen LogP) is 2.87. The molecule has 3 rings (SSSR count). The molecule has 2 aromatic rings. The Morgan fingerprint density at radius 3 is 2.85 bits per heavy atom. The second-order valence-electron chi connectivity index (χ2n) is 4.90. The number of hydrogen-bond acceptors (Lipinski definition) is 3. The van der Waals surface area contributed by atoms with Crippen LogP contribution in [-0.2, 0) is 17.6 Å². The van der Waals surface area contributed by atoms with Gasteiger partial charge in [0, 0.05) is 12.1 Å². The molecule has 1 atom stereocenters. The normalized spacial score (nSPS) is 17.4. The Balaban J connectivity index is 1.70. The highest BCUT2D eigenvalue weighted by atomic mass is 35.5. The van der Waals surface area contributed by atoms with Crippen LogP contribution in [0.4, 0.5) is 5.95 Å². The van der Waals surface area contributed by atoms with Crippen LogP contribution in [0.3, 0.4) is 0 Å². The van der Waals surface area contributed by atoms with Gasteiger partial charge in [-0.2, -0.15) is 0 Å². The SMILES string of the molecule is O=C(Nc1nccc(Cl)n1)C1CCc2ccccc2C1. The lowest BCUT2D eigenvalue weighted by Crippen LogP contribution is -2.28. The number of halogens is 1. The number of hydrogen-bond donors (Lipinski definition) is 1. The summed E-state index contributed by atoms with van der Waals surface area (Å²) in [7, 11) is 0. The number of amides is 1. The maximum atomic E-state index is 12.3. The molecule has 0 radical (unpaired) electrons. The van der Waals surface area contributed by atoms with E-state index in [0.29, 0.717) is 5.15 Å². The third kappa shape index (κ3) is 2.80. The van der Waals surface area contributed by atoms with Crippen LogP contribution < -0.4 is 5.32 Å². The van der Waals surface area contributed by atoms with Gasteiger partial charge in [-0.1, -0.05) is 35.9 Å². The monoisotopic (exact) mass is 287 g/mol. The lowest BCUT2D eigenvalue weighted by atomic mass is 9.83. The van der Waals surface area contributed by atoms with Crippen LogP contribution >= 0.6 is 11.6 Å². The van der Waals surface area contributed by atoms with Crippen LogP contribution in [0.2, 0.25) is 5.15 Å². The number of aryl methyl sites for hydroxylation is 1. The summed E-state index contributed by atoms with van der Waals surface area (Å²) in [5.41, 5.74) is 2.60. The molecule has 1 aliphatic rings. The van der Waals surface area contributed by atoms with E-state index >= 15 is 0 Å². The first-order chi connectivity index (χ1) is 9.72. The Bertz CT molecular complexity index is 645. The van der Waals surface area contributed by atoms with Crippen molar-refractivity contribution in [3.8, 4) is 0 Å². The number of benzene rings is 1. The minimum atomic E-state index is -0.0400. The maximum absolute atomic E-state index is 12.3. The maximum Gasteiger partial charge on any atom is 0.230 e. The van der Waals surface area contributed by atoms with Crippen molar-refractivity contribution in [2.45, 2.75) is 19.3 Å². The second kappa shape index (κ2) is 5.59. The molecule has 1 unspecified atom stereocenters. The van der Waals surface area contributed by atoms with Crippen molar-refractivity contribution in [3.63, 3.8) is 0 Å². The van der Waals surface area contributed by atoms with E-state index in [1.807, 2.05) is 12.1 Å². The molecule has 1 N–H and O–H groups in total. The molecule has 1 aromatic heterocycles. The first kappa shape index (κ1) is 13.1. The first-order valence-electron chi connectivity index (χ1n) is 6.58. The molecule has 0 spiro atoms. The van der Waals surface area contributed by atoms with Crippen molar-refractivity contribution in [2.75, 3.05) is 5.32 Å². The van der Waals surface area contributed by atoms with Crippen LogP contribution in [0.25, 0.3) is 0 Å². The van der Waals surface area contributed by atoms with Gasteiger partial charge in [-0.3, -0.25) is 10.1 Å². The highest BCUT2D eigenvalue weighted by Gasteiger charge is 2.24. The van der Waals surface area contributed by atoms with Gasteiger partial charge >= 0.3 is 0 Å². The molecule has 1 aliphatic carbocycles. The molecule has 0 saturated heterocycles. The summed E-state index contributed by atoms with van der Waals surface area (Å²) in [5.74, 6) is 0.190. The fourth-order valence-corrected chi connectivity index (χ4v) is 2.67. The van der Waals surface area contributed by atoms with Gasteiger partial charge in [0.05, 0.1) is 0 Å². The molecule has 1 heterocycles. The van der Waals surface area contributed by atoms with E-state index in [4.69, 9.17) is 11.6 Å². The third-order valence-corrected chi connectivity index (χ3v) is 3.78. The van der Waals surface area contributed by atoms with E-state index in [1.54, 1.807) is 6.07 Å². The van der Waals surface area contributed by atoms with Crippen molar-refractivity contribution in [3.05, 3.63) is 52.8 Å². The fraction of sp³-hybridized carbons (Fsp3) is 0.267. The lowest BCUT2D eigenvalue weighted by Gasteiger charge is -2.23. The fourth-order valence-electron chi connectivity index (χ4n) is 2.53. The van der Waals surface area contributed by atoms with Crippen LogP contribution in [0.15, 0.2) is 36.5 Å². The van der Waals surface area contributed by atoms with Gasteiger partial charge < -0.3 is 0 Å². The van der Waals surface area contributed by atoms with E-state index in [9.17, 15) is 4.79 Å². The summed E-state index contributed by atoms with van der Waals surface area (Å²) >= 11 is 5.78. The molecule has 20 heavy (non-hydrogen) atoms. The predicted molar refractivity (Wildman–Crippen MR) is 77.6 cm³/mol. The Morgan fingerprint density at radius 2 is 2.05 bits per heavy atom. The summed E-state index contributed by atoms with van der Waals surface area (Å²) in [5, 5.41) is 3.06. The zero-order valence-electron chi connectivity index (χ0n) is 10.8. The zero-order valence-corrected chi connectivity index (χ0v) is 11.6. The highest BCUT2D eigenvalue weighted by Crippen LogP contribution is 2.26. The van der Waals surface area contributed by atoms with Crippen molar-refractivity contribution in [1.29, 1.82) is 0 Å². The van der Waals surface area contributed by atoms with E-state index < -0.39 is 0 Å². The summed E-state index contributed by atoms with van der Waals surface area (Å²) in [6.07, 6.45) is 4.08. The molecule has 1 amide bonds. The van der Waals surface area contributed by atoms with Gasteiger partial charge in [0.25, 0.3) is 0 Å². The standard InChI is InChI=1S/C15H14ClN3O/c16-13-7-8-17-15(18-13)19-14(20)12-6-5-10-3-1-2-4-11(10)9-12/h1-4,7-8,12H,5-6,9H2,(H,17,18,19,20). The summed E-state index contributed by atoms with van der Waals surface area (Å²) in [4.78, 5) is 20.2. The third-order valence-electron chi connectivity index (χ3n) is 3.57. The van der Waals surface area contributed by atoms with Gasteiger partial charge in [-0.05, 0) is 36.5 Å². The minimum Gasteiger partial charge on any atom is -0.294 e. The van der Waals surface area contributed by atoms with Gasteiger partial charge in [-0.15, -0.1) is 0 Å². The van der Waals surface area contributed by atoms with E-state index in [-0.39, 0.29) is 17.8 Å². The van der Waals surface area contributed by atoms with Crippen molar-refractivity contribution in [1.82, 2.24) is 9.97 Å². The van der Waals surface area contributed by atoms with Gasteiger partial charge in [0.2, 0.25) is 11.9 Å². The van der Waals surface area contributed by atoms with Crippen LogP contribution in [0, 0.1) is 5.92 Å². The smallest absolute Gasteiger partial charge is 0.230 e. The number of aromatic nitrogens is 2. The van der Waals surface area contributed by atoms with Gasteiger partial charge in [-0.25, -0.2) is 9.97 Å². The zero-order chi connectivity index (χ0) is 13.9. The number of carbonyl (C=O) groups excluding carboxylic acids is 1. The minimum absolute atomic E-state index is 0.0347. The Morgan fingerprint density at radius 1 is 1.25 bits per heavy atom. The number of carbonyl (C=O) groups is 1. The number of fused-ring (bicyclic) bond motifs is 1. The number of anilines is 1. The summed E-state index contributed by atoms with van der Waals surface area (Å²) in [6, 6.07) is 9.85. The Labute approximate surface area is 122 Å². The van der Waals surface area contributed by atoms with Crippen LogP contribution in [-0.4, -0.2) is 15.9 Å². The molecule has 102 valence electrons. The van der Waals surface area contributed by atoms with Crippen molar-refractivity contribution in [2.24, 2.45) is 5.92 Å². The van der Waals surface area contributed by atoms with E-state index in [0.717, 1.165) is 19.3 Å². The Kier molecular flexibility index (Phi) is 3.65. The molecule has 4 nitrogen and oxygen atoms in total. The van der Waals surface area contributed by atoms with Crippen LogP contribution in [0.5, 0.6) is 0 Å². The summed E-state index contributed by atoms with van der Waals surface area (Å²) < 4.78 is 0. The molecule has 0 aliphatic heterocycles. The van der Waals surface area contributed by atoms with E-state index in [1.165, 1.54) is 17.3 Å². The molecule has 0 fully saturated rings. The average molecular weight is 288 g/mol. The highest BCUT2D eigenvalue weighted by molar-refractivity contribution is 6.29. The number of nitrogens with one attached hydrogen (secondary N) is 1. The quantitative estimate of drug-likeness (QED) is 0.864. The first-order valence-corrected chi connectivity index (χ1v) is 6.96. The Hall–Kier alpha value is -1.94. The van der Waals surface area contributed by atoms with Crippen LogP contribution in [0.1, 0.15) is 17.5 Å². The second-order valence-corrected chi connectivity index (χ2v) is 5.29. The van der Waals surface area contributed by atoms with Crippen molar-refractivity contribution >= 4 is 23.5 Å².